The van der Waals surface area contributed by atoms with Gasteiger partial charge in [0.15, 0.2) is 11.6 Å². The second kappa shape index (κ2) is 7.30. The summed E-state index contributed by atoms with van der Waals surface area (Å²) in [6, 6.07) is 5.58. The van der Waals surface area contributed by atoms with Crippen molar-refractivity contribution in [3.8, 4) is 11.5 Å². The fourth-order valence-corrected chi connectivity index (χ4v) is 1.78. The standard InChI is InChI=1S/C14H19N5O2/c1-3-20-10-5-6-12(21-4-2)11(7-10)17-13-8-16-9-14(18-13)19-15/h5-9H,3-4,15H2,1-2H3,(H2,17,18,19). The number of nitrogens with one attached hydrogen (secondary N) is 2. The number of rotatable bonds is 7. The van der Waals surface area contributed by atoms with Gasteiger partial charge in [-0.2, -0.15) is 0 Å². The summed E-state index contributed by atoms with van der Waals surface area (Å²) in [6.07, 6.45) is 3.13. The van der Waals surface area contributed by atoms with E-state index in [1.807, 2.05) is 32.0 Å². The zero-order valence-corrected chi connectivity index (χ0v) is 12.1. The first-order valence-corrected chi connectivity index (χ1v) is 6.72. The molecular weight excluding hydrogens is 270 g/mol. The van der Waals surface area contributed by atoms with Gasteiger partial charge in [0.2, 0.25) is 0 Å². The minimum atomic E-state index is 0.471. The van der Waals surface area contributed by atoms with Crippen molar-refractivity contribution in [2.24, 2.45) is 5.84 Å². The minimum absolute atomic E-state index is 0.471. The zero-order chi connectivity index (χ0) is 15.1. The molecule has 0 aliphatic heterocycles. The third kappa shape index (κ3) is 3.96. The molecular formula is C14H19N5O2. The van der Waals surface area contributed by atoms with Gasteiger partial charge < -0.3 is 20.2 Å². The molecule has 7 nitrogen and oxygen atoms in total. The monoisotopic (exact) mass is 289 g/mol. The number of benzene rings is 1. The summed E-state index contributed by atoms with van der Waals surface area (Å²) in [6.45, 7) is 5.03. The van der Waals surface area contributed by atoms with Crippen LogP contribution in [0.25, 0.3) is 0 Å². The van der Waals surface area contributed by atoms with E-state index in [1.165, 1.54) is 6.20 Å². The number of anilines is 3. The molecule has 0 bridgehead atoms. The molecule has 21 heavy (non-hydrogen) atoms. The number of hydrogen-bond acceptors (Lipinski definition) is 7. The smallest absolute Gasteiger partial charge is 0.160 e. The SMILES string of the molecule is CCOc1ccc(OCC)c(Nc2cncc(NN)n2)c1. The van der Waals surface area contributed by atoms with Gasteiger partial charge in [0, 0.05) is 6.07 Å². The second-order valence-corrected chi connectivity index (χ2v) is 4.08. The molecule has 0 fully saturated rings. The van der Waals surface area contributed by atoms with Gasteiger partial charge >= 0.3 is 0 Å². The van der Waals surface area contributed by atoms with Crippen LogP contribution < -0.4 is 26.1 Å². The Morgan fingerprint density at radius 1 is 1.10 bits per heavy atom. The molecule has 0 aliphatic rings. The van der Waals surface area contributed by atoms with Crippen LogP contribution in [0.2, 0.25) is 0 Å². The maximum atomic E-state index is 5.59. The molecule has 0 radical (unpaired) electrons. The molecule has 0 atom stereocenters. The Morgan fingerprint density at radius 2 is 1.86 bits per heavy atom. The number of ether oxygens (including phenoxy) is 2. The van der Waals surface area contributed by atoms with E-state index in [1.54, 1.807) is 6.20 Å². The molecule has 2 aromatic rings. The first-order chi connectivity index (χ1) is 10.3. The van der Waals surface area contributed by atoms with Crippen molar-refractivity contribution in [2.45, 2.75) is 13.8 Å². The predicted molar refractivity (Wildman–Crippen MR) is 81.9 cm³/mol. The highest BCUT2D eigenvalue weighted by molar-refractivity contribution is 5.66. The summed E-state index contributed by atoms with van der Waals surface area (Å²) in [5.74, 6) is 7.83. The van der Waals surface area contributed by atoms with E-state index in [0.29, 0.717) is 30.6 Å². The molecule has 0 aliphatic carbocycles. The summed E-state index contributed by atoms with van der Waals surface area (Å²) in [7, 11) is 0. The number of aromatic nitrogens is 2. The molecule has 0 unspecified atom stereocenters. The van der Waals surface area contributed by atoms with E-state index >= 15 is 0 Å². The molecule has 1 aromatic carbocycles. The molecule has 0 saturated carbocycles. The number of nitrogen functional groups attached to an aromatic ring is 1. The lowest BCUT2D eigenvalue weighted by Gasteiger charge is -2.14. The summed E-state index contributed by atoms with van der Waals surface area (Å²) in [4.78, 5) is 8.30. The maximum absolute atomic E-state index is 5.59. The van der Waals surface area contributed by atoms with Gasteiger partial charge in [0.05, 0.1) is 31.3 Å². The maximum Gasteiger partial charge on any atom is 0.160 e. The van der Waals surface area contributed by atoms with Crippen LogP contribution in [0, 0.1) is 0 Å². The summed E-state index contributed by atoms with van der Waals surface area (Å²) < 4.78 is 11.1. The normalized spacial score (nSPS) is 10.0. The van der Waals surface area contributed by atoms with Crippen LogP contribution in [0.3, 0.4) is 0 Å². The van der Waals surface area contributed by atoms with Gasteiger partial charge in [-0.15, -0.1) is 0 Å². The van der Waals surface area contributed by atoms with Crippen LogP contribution in [-0.2, 0) is 0 Å². The lowest BCUT2D eigenvalue weighted by molar-refractivity contribution is 0.332. The third-order valence-electron chi connectivity index (χ3n) is 2.61. The van der Waals surface area contributed by atoms with Crippen molar-refractivity contribution in [1.29, 1.82) is 0 Å². The first kappa shape index (κ1) is 14.9. The van der Waals surface area contributed by atoms with Gasteiger partial charge in [-0.25, -0.2) is 10.8 Å². The van der Waals surface area contributed by atoms with Gasteiger partial charge in [-0.3, -0.25) is 4.98 Å². The van der Waals surface area contributed by atoms with E-state index in [2.05, 4.69) is 20.7 Å². The van der Waals surface area contributed by atoms with E-state index in [4.69, 9.17) is 15.3 Å². The van der Waals surface area contributed by atoms with Crippen molar-refractivity contribution in [1.82, 2.24) is 9.97 Å². The Bertz CT molecular complexity index is 591. The Hall–Kier alpha value is -2.54. The molecule has 7 heteroatoms. The molecule has 4 N–H and O–H groups in total. The van der Waals surface area contributed by atoms with Crippen molar-refractivity contribution in [3.05, 3.63) is 30.6 Å². The van der Waals surface area contributed by atoms with Crippen LogP contribution in [0.5, 0.6) is 11.5 Å². The summed E-state index contributed by atoms with van der Waals surface area (Å²) in [5, 5.41) is 3.16. The number of hydrazine groups is 1. The van der Waals surface area contributed by atoms with Crippen LogP contribution in [0.15, 0.2) is 30.6 Å². The lowest BCUT2D eigenvalue weighted by atomic mass is 10.2. The van der Waals surface area contributed by atoms with E-state index in [9.17, 15) is 0 Å². The van der Waals surface area contributed by atoms with Crippen LogP contribution in [0.4, 0.5) is 17.3 Å². The van der Waals surface area contributed by atoms with Crippen molar-refractivity contribution >= 4 is 17.3 Å². The van der Waals surface area contributed by atoms with Crippen molar-refractivity contribution < 1.29 is 9.47 Å². The molecule has 112 valence electrons. The number of nitrogens with two attached hydrogens (primary N) is 1. The average Bonchev–Trinajstić information content (AvgIpc) is 2.50. The quantitative estimate of drug-likeness (QED) is 0.532. The second-order valence-electron chi connectivity index (χ2n) is 4.08. The van der Waals surface area contributed by atoms with Crippen LogP contribution in [0.1, 0.15) is 13.8 Å². The van der Waals surface area contributed by atoms with Crippen LogP contribution >= 0.6 is 0 Å². The highest BCUT2D eigenvalue weighted by Crippen LogP contribution is 2.31. The lowest BCUT2D eigenvalue weighted by Crippen LogP contribution is -2.09. The fraction of sp³-hybridized carbons (Fsp3) is 0.286. The van der Waals surface area contributed by atoms with Crippen molar-refractivity contribution in [3.63, 3.8) is 0 Å². The highest BCUT2D eigenvalue weighted by atomic mass is 16.5. The van der Waals surface area contributed by atoms with Gasteiger partial charge in [-0.1, -0.05) is 0 Å². The Kier molecular flexibility index (Phi) is 5.16. The molecule has 0 amide bonds. The summed E-state index contributed by atoms with van der Waals surface area (Å²) in [5.41, 5.74) is 3.21. The van der Waals surface area contributed by atoms with Gasteiger partial charge in [-0.05, 0) is 26.0 Å². The van der Waals surface area contributed by atoms with E-state index in [-0.39, 0.29) is 0 Å². The van der Waals surface area contributed by atoms with E-state index in [0.717, 1.165) is 11.4 Å². The minimum Gasteiger partial charge on any atom is -0.494 e. The predicted octanol–water partition coefficient (Wildman–Crippen LogP) is 2.30. The largest absolute Gasteiger partial charge is 0.494 e. The Balaban J connectivity index is 2.28. The van der Waals surface area contributed by atoms with Gasteiger partial charge in [0.25, 0.3) is 0 Å². The molecule has 1 aromatic heterocycles. The first-order valence-electron chi connectivity index (χ1n) is 6.72. The highest BCUT2D eigenvalue weighted by Gasteiger charge is 2.07. The molecule has 1 heterocycles. The Labute approximate surface area is 123 Å². The molecule has 2 rings (SSSR count). The third-order valence-corrected chi connectivity index (χ3v) is 2.61. The Morgan fingerprint density at radius 3 is 2.57 bits per heavy atom. The average molecular weight is 289 g/mol. The fourth-order valence-electron chi connectivity index (χ4n) is 1.78. The summed E-state index contributed by atoms with van der Waals surface area (Å²) >= 11 is 0. The topological polar surface area (TPSA) is 94.3 Å². The molecule has 0 saturated heterocycles. The molecule has 0 spiro atoms. The zero-order valence-electron chi connectivity index (χ0n) is 12.1. The van der Waals surface area contributed by atoms with Crippen LogP contribution in [-0.4, -0.2) is 23.2 Å². The number of nitrogens with zero attached hydrogens (tertiary/aromatic N) is 2. The van der Waals surface area contributed by atoms with Gasteiger partial charge in [0.1, 0.15) is 11.5 Å². The van der Waals surface area contributed by atoms with Crippen molar-refractivity contribution in [2.75, 3.05) is 24.0 Å². The number of hydrogen-bond donors (Lipinski definition) is 3. The van der Waals surface area contributed by atoms with E-state index < -0.39 is 0 Å².